The Labute approximate surface area is 138 Å². The van der Waals surface area contributed by atoms with Crippen LogP contribution in [0.2, 0.25) is 0 Å². The molecule has 0 heterocycles. The number of aldehydes is 1. The molecule has 0 bridgehead atoms. The maximum atomic E-state index is 12.1. The van der Waals surface area contributed by atoms with Crippen molar-refractivity contribution in [3.05, 3.63) is 29.3 Å². The average Bonchev–Trinajstić information content (AvgIpc) is 2.54. The van der Waals surface area contributed by atoms with Crippen LogP contribution in [0.15, 0.2) is 18.2 Å². The minimum Gasteiger partial charge on any atom is -0.508 e. The molecule has 0 spiro atoms. The number of hydrogen-bond acceptors (Lipinski definition) is 6. The van der Waals surface area contributed by atoms with Crippen molar-refractivity contribution in [2.45, 2.75) is 31.6 Å². The number of ether oxygens (including phenoxy) is 1. The SMILES string of the molecule is CCC(C(=O)OC=O)C1CC(C(=O)O)C(C=O)c2cc(O)ccc21. The lowest BCUT2D eigenvalue weighted by Crippen LogP contribution is -2.35. The zero-order valence-corrected chi connectivity index (χ0v) is 13.0. The Morgan fingerprint density at radius 1 is 1.33 bits per heavy atom. The molecule has 0 saturated carbocycles. The fourth-order valence-corrected chi connectivity index (χ4v) is 3.51. The normalized spacial score (nSPS) is 23.6. The number of phenols is 1. The summed E-state index contributed by atoms with van der Waals surface area (Å²) in [4.78, 5) is 45.5. The molecule has 7 nitrogen and oxygen atoms in total. The fraction of sp³-hybridized carbons (Fsp3) is 0.412. The van der Waals surface area contributed by atoms with E-state index in [1.165, 1.54) is 12.1 Å². The highest BCUT2D eigenvalue weighted by atomic mass is 16.6. The Morgan fingerprint density at radius 3 is 2.58 bits per heavy atom. The first-order chi connectivity index (χ1) is 11.4. The van der Waals surface area contributed by atoms with Gasteiger partial charge in [0.2, 0.25) is 0 Å². The Kier molecular flexibility index (Phi) is 5.33. The van der Waals surface area contributed by atoms with Crippen molar-refractivity contribution in [1.29, 1.82) is 0 Å². The number of aliphatic carboxylic acids is 1. The van der Waals surface area contributed by atoms with Gasteiger partial charge in [-0.05, 0) is 42.0 Å². The van der Waals surface area contributed by atoms with Crippen molar-refractivity contribution < 1.29 is 34.1 Å². The maximum Gasteiger partial charge on any atom is 0.317 e. The van der Waals surface area contributed by atoms with Crippen molar-refractivity contribution in [2.75, 3.05) is 0 Å². The highest BCUT2D eigenvalue weighted by molar-refractivity contribution is 5.82. The number of phenolic OH excluding ortho intramolecular Hbond substituents is 1. The van der Waals surface area contributed by atoms with Gasteiger partial charge in [-0.1, -0.05) is 13.0 Å². The molecule has 128 valence electrons. The predicted octanol–water partition coefficient (Wildman–Crippen LogP) is 1.59. The molecular weight excluding hydrogens is 316 g/mol. The summed E-state index contributed by atoms with van der Waals surface area (Å²) in [5, 5.41) is 19.2. The third-order valence-corrected chi connectivity index (χ3v) is 4.63. The summed E-state index contributed by atoms with van der Waals surface area (Å²) < 4.78 is 4.45. The number of rotatable bonds is 6. The Morgan fingerprint density at radius 2 is 2.04 bits per heavy atom. The zero-order chi connectivity index (χ0) is 17.9. The van der Waals surface area contributed by atoms with E-state index >= 15 is 0 Å². The monoisotopic (exact) mass is 334 g/mol. The molecule has 1 aromatic rings. The molecule has 1 aliphatic rings. The number of fused-ring (bicyclic) bond motifs is 1. The number of carbonyl (C=O) groups is 4. The number of carboxylic acids is 1. The third kappa shape index (κ3) is 3.15. The van der Waals surface area contributed by atoms with Gasteiger partial charge in [0.05, 0.1) is 17.8 Å². The van der Waals surface area contributed by atoms with Gasteiger partial charge < -0.3 is 19.7 Å². The van der Waals surface area contributed by atoms with Crippen molar-refractivity contribution in [2.24, 2.45) is 11.8 Å². The molecule has 0 fully saturated rings. The minimum absolute atomic E-state index is 0.0501. The number of carbonyl (C=O) groups excluding carboxylic acids is 3. The van der Waals surface area contributed by atoms with E-state index in [9.17, 15) is 29.4 Å². The topological polar surface area (TPSA) is 118 Å². The van der Waals surface area contributed by atoms with E-state index in [4.69, 9.17) is 0 Å². The summed E-state index contributed by atoms with van der Waals surface area (Å²) in [6.45, 7) is 1.78. The van der Waals surface area contributed by atoms with Crippen molar-refractivity contribution in [3.8, 4) is 5.75 Å². The van der Waals surface area contributed by atoms with E-state index < -0.39 is 35.6 Å². The molecular formula is C17H18O7. The summed E-state index contributed by atoms with van der Waals surface area (Å²) in [6, 6.07) is 4.36. The van der Waals surface area contributed by atoms with E-state index in [2.05, 4.69) is 4.74 Å². The van der Waals surface area contributed by atoms with Crippen molar-refractivity contribution in [1.82, 2.24) is 0 Å². The van der Waals surface area contributed by atoms with Gasteiger partial charge in [-0.15, -0.1) is 0 Å². The Hall–Kier alpha value is -2.70. The van der Waals surface area contributed by atoms with Gasteiger partial charge in [0.25, 0.3) is 0 Å². The first-order valence-electron chi connectivity index (χ1n) is 7.59. The van der Waals surface area contributed by atoms with Crippen LogP contribution in [0.4, 0.5) is 0 Å². The second-order valence-electron chi connectivity index (χ2n) is 5.81. The fourth-order valence-electron chi connectivity index (χ4n) is 3.51. The number of hydrogen-bond donors (Lipinski definition) is 2. The molecule has 0 aliphatic heterocycles. The number of carboxylic acid groups (broad SMARTS) is 1. The largest absolute Gasteiger partial charge is 0.508 e. The van der Waals surface area contributed by atoms with Gasteiger partial charge in [0, 0.05) is 0 Å². The van der Waals surface area contributed by atoms with Crippen LogP contribution >= 0.6 is 0 Å². The van der Waals surface area contributed by atoms with E-state index in [-0.39, 0.29) is 18.6 Å². The molecule has 0 radical (unpaired) electrons. The smallest absolute Gasteiger partial charge is 0.317 e. The summed E-state index contributed by atoms with van der Waals surface area (Å²) in [5.74, 6) is -5.12. The third-order valence-electron chi connectivity index (χ3n) is 4.63. The summed E-state index contributed by atoms with van der Waals surface area (Å²) in [7, 11) is 0. The minimum atomic E-state index is -1.15. The van der Waals surface area contributed by atoms with Gasteiger partial charge in [-0.2, -0.15) is 0 Å². The van der Waals surface area contributed by atoms with Crippen LogP contribution in [0.1, 0.15) is 42.7 Å². The molecule has 2 rings (SSSR count). The highest BCUT2D eigenvalue weighted by Crippen LogP contribution is 2.47. The highest BCUT2D eigenvalue weighted by Gasteiger charge is 2.43. The summed E-state index contributed by atoms with van der Waals surface area (Å²) >= 11 is 0. The van der Waals surface area contributed by atoms with Crippen LogP contribution in [0.3, 0.4) is 0 Å². The number of benzene rings is 1. The second-order valence-corrected chi connectivity index (χ2v) is 5.81. The lowest BCUT2D eigenvalue weighted by Gasteiger charge is -2.36. The molecule has 4 atom stereocenters. The van der Waals surface area contributed by atoms with Gasteiger partial charge in [0.1, 0.15) is 12.0 Å². The molecule has 0 saturated heterocycles. The Bertz CT molecular complexity index is 667. The van der Waals surface area contributed by atoms with Crippen LogP contribution < -0.4 is 0 Å². The molecule has 24 heavy (non-hydrogen) atoms. The van der Waals surface area contributed by atoms with Crippen molar-refractivity contribution >= 4 is 24.7 Å². The Balaban J connectivity index is 2.56. The van der Waals surface area contributed by atoms with Crippen molar-refractivity contribution in [3.63, 3.8) is 0 Å². The molecule has 7 heteroatoms. The average molecular weight is 334 g/mol. The number of esters is 1. The van der Waals surface area contributed by atoms with Crippen LogP contribution in [-0.2, 0) is 23.9 Å². The van der Waals surface area contributed by atoms with Gasteiger partial charge in [-0.25, -0.2) is 0 Å². The van der Waals surface area contributed by atoms with Crippen LogP contribution in [0, 0.1) is 11.8 Å². The predicted molar refractivity (Wildman–Crippen MR) is 81.3 cm³/mol. The quantitative estimate of drug-likeness (QED) is 0.461. The molecule has 4 unspecified atom stereocenters. The molecule has 1 aliphatic carbocycles. The lowest BCUT2D eigenvalue weighted by molar-refractivity contribution is -0.156. The van der Waals surface area contributed by atoms with Crippen LogP contribution in [0.25, 0.3) is 0 Å². The van der Waals surface area contributed by atoms with E-state index in [1.54, 1.807) is 13.0 Å². The molecule has 0 amide bonds. The molecule has 0 aromatic heterocycles. The summed E-state index contributed by atoms with van der Waals surface area (Å²) in [5.41, 5.74) is 1.02. The first-order valence-corrected chi connectivity index (χ1v) is 7.59. The maximum absolute atomic E-state index is 12.1. The van der Waals surface area contributed by atoms with Gasteiger partial charge in [0.15, 0.2) is 0 Å². The first kappa shape index (κ1) is 17.7. The van der Waals surface area contributed by atoms with Crippen LogP contribution in [0.5, 0.6) is 5.75 Å². The van der Waals surface area contributed by atoms with E-state index in [1.807, 2.05) is 0 Å². The van der Waals surface area contributed by atoms with E-state index in [0.29, 0.717) is 23.8 Å². The molecule has 2 N–H and O–H groups in total. The lowest BCUT2D eigenvalue weighted by atomic mass is 9.66. The van der Waals surface area contributed by atoms with Gasteiger partial charge >= 0.3 is 18.4 Å². The number of aromatic hydroxyl groups is 1. The van der Waals surface area contributed by atoms with E-state index in [0.717, 1.165) is 0 Å². The standard InChI is InChI=1S/C17H18O7/c1-2-10(17(23)24-8-19)13-6-14(16(21)22)15(7-18)12-5-9(20)3-4-11(12)13/h3-5,7-8,10,13-15,20H,2,6H2,1H3,(H,21,22). The zero-order valence-electron chi connectivity index (χ0n) is 13.0. The van der Waals surface area contributed by atoms with Gasteiger partial charge in [-0.3, -0.25) is 14.4 Å². The summed E-state index contributed by atoms with van der Waals surface area (Å²) in [6.07, 6.45) is 0.969. The van der Waals surface area contributed by atoms with Crippen LogP contribution in [-0.4, -0.2) is 34.9 Å². The molecule has 1 aromatic carbocycles. The second kappa shape index (κ2) is 7.25.